The van der Waals surface area contributed by atoms with Gasteiger partial charge in [-0.2, -0.15) is 0 Å². The number of amides is 1. The van der Waals surface area contributed by atoms with Crippen LogP contribution in [0.2, 0.25) is 0 Å². The van der Waals surface area contributed by atoms with E-state index in [1.807, 2.05) is 30.3 Å². The number of carbonyl (C=O) groups excluding carboxylic acids is 2. The molecule has 6 heteroatoms. The van der Waals surface area contributed by atoms with E-state index in [2.05, 4.69) is 13.8 Å². The molecule has 1 N–H and O–H groups in total. The number of benzene rings is 2. The molecule has 0 radical (unpaired) electrons. The number of carboxylic acid groups (broad SMARTS) is 1. The monoisotopic (exact) mass is 493 g/mol. The quantitative estimate of drug-likeness (QED) is 0.499. The highest BCUT2D eigenvalue weighted by Gasteiger charge is 2.44. The highest BCUT2D eigenvalue weighted by atomic mass is 19.1. The van der Waals surface area contributed by atoms with Crippen molar-refractivity contribution in [3.8, 4) is 0 Å². The van der Waals surface area contributed by atoms with Crippen molar-refractivity contribution >= 4 is 17.7 Å². The second-order valence-corrected chi connectivity index (χ2v) is 10.5. The molecule has 0 spiro atoms. The van der Waals surface area contributed by atoms with Gasteiger partial charge in [-0.3, -0.25) is 9.59 Å². The van der Waals surface area contributed by atoms with Crippen LogP contribution < -0.4 is 0 Å². The Labute approximate surface area is 212 Å². The largest absolute Gasteiger partial charge is 0.478 e. The number of hydrogen-bond acceptors (Lipinski definition) is 3. The summed E-state index contributed by atoms with van der Waals surface area (Å²) in [6.07, 6.45) is 5.45. The Morgan fingerprint density at radius 2 is 1.72 bits per heavy atom. The first-order valence-corrected chi connectivity index (χ1v) is 13.2. The van der Waals surface area contributed by atoms with Crippen LogP contribution in [0.15, 0.2) is 48.5 Å². The topological polar surface area (TPSA) is 74.7 Å². The summed E-state index contributed by atoms with van der Waals surface area (Å²) in [6, 6.07) is 12.7. The predicted octanol–water partition coefficient (Wildman–Crippen LogP) is 5.87. The van der Waals surface area contributed by atoms with Gasteiger partial charge in [0.15, 0.2) is 5.78 Å². The molecule has 2 aromatic carbocycles. The minimum Gasteiger partial charge on any atom is -0.478 e. The van der Waals surface area contributed by atoms with Gasteiger partial charge in [0.1, 0.15) is 5.82 Å². The van der Waals surface area contributed by atoms with Crippen LogP contribution in [0.3, 0.4) is 0 Å². The zero-order valence-electron chi connectivity index (χ0n) is 21.2. The molecule has 5 nitrogen and oxygen atoms in total. The average Bonchev–Trinajstić information content (AvgIpc) is 3.35. The maximum absolute atomic E-state index is 14.7. The van der Waals surface area contributed by atoms with Crippen molar-refractivity contribution in [3.05, 3.63) is 71.0 Å². The van der Waals surface area contributed by atoms with Crippen LogP contribution in [0.25, 0.3) is 0 Å². The van der Waals surface area contributed by atoms with Crippen molar-refractivity contribution in [3.63, 3.8) is 0 Å². The molecule has 36 heavy (non-hydrogen) atoms. The summed E-state index contributed by atoms with van der Waals surface area (Å²) >= 11 is 0. The van der Waals surface area contributed by atoms with Gasteiger partial charge in [0.2, 0.25) is 5.91 Å². The van der Waals surface area contributed by atoms with E-state index in [0.717, 1.165) is 43.7 Å². The molecule has 2 fully saturated rings. The first-order valence-electron chi connectivity index (χ1n) is 13.2. The first kappa shape index (κ1) is 26.1. The summed E-state index contributed by atoms with van der Waals surface area (Å²) in [5, 5.41) is 9.12. The van der Waals surface area contributed by atoms with Crippen LogP contribution in [0.1, 0.15) is 79.8 Å². The molecule has 0 aromatic heterocycles. The third kappa shape index (κ3) is 5.53. The normalized spacial score (nSPS) is 24.9. The zero-order valence-corrected chi connectivity index (χ0v) is 21.2. The number of carboxylic acids is 1. The van der Waals surface area contributed by atoms with Crippen molar-refractivity contribution in [2.75, 3.05) is 6.54 Å². The highest BCUT2D eigenvalue weighted by Crippen LogP contribution is 2.40. The van der Waals surface area contributed by atoms with E-state index < -0.39 is 17.8 Å². The van der Waals surface area contributed by atoms with Gasteiger partial charge in [-0.15, -0.1) is 0 Å². The second-order valence-electron chi connectivity index (χ2n) is 10.5. The van der Waals surface area contributed by atoms with E-state index in [9.17, 15) is 18.8 Å². The molecule has 1 saturated carbocycles. The predicted molar refractivity (Wildman–Crippen MR) is 136 cm³/mol. The molecule has 1 amide bonds. The van der Waals surface area contributed by atoms with E-state index >= 15 is 0 Å². The molecular weight excluding hydrogens is 457 g/mol. The molecule has 1 aliphatic heterocycles. The van der Waals surface area contributed by atoms with E-state index in [4.69, 9.17) is 5.11 Å². The number of likely N-dealkylation sites (tertiary alicyclic amines) is 1. The summed E-state index contributed by atoms with van der Waals surface area (Å²) in [7, 11) is 0. The highest BCUT2D eigenvalue weighted by molar-refractivity contribution is 5.93. The van der Waals surface area contributed by atoms with E-state index in [1.165, 1.54) is 12.1 Å². The lowest BCUT2D eigenvalue weighted by atomic mass is 9.75. The summed E-state index contributed by atoms with van der Waals surface area (Å²) in [5.74, 6) is -0.968. The Morgan fingerprint density at radius 1 is 1.03 bits per heavy atom. The molecule has 1 heterocycles. The van der Waals surface area contributed by atoms with E-state index in [1.54, 1.807) is 4.90 Å². The van der Waals surface area contributed by atoms with Gasteiger partial charge in [0, 0.05) is 24.8 Å². The first-order chi connectivity index (χ1) is 17.3. The van der Waals surface area contributed by atoms with Crippen molar-refractivity contribution in [1.29, 1.82) is 0 Å². The summed E-state index contributed by atoms with van der Waals surface area (Å²) in [6.45, 7) is 5.01. The van der Waals surface area contributed by atoms with Crippen molar-refractivity contribution in [1.82, 2.24) is 4.90 Å². The fraction of sp³-hybridized carbons (Fsp3) is 0.500. The van der Waals surface area contributed by atoms with Gasteiger partial charge in [0.05, 0.1) is 11.6 Å². The van der Waals surface area contributed by atoms with Crippen LogP contribution in [0.4, 0.5) is 4.39 Å². The Hall–Kier alpha value is -3.02. The Morgan fingerprint density at radius 3 is 2.33 bits per heavy atom. The molecule has 1 aliphatic carbocycles. The number of nitrogens with zero attached hydrogens (tertiary/aromatic N) is 1. The number of halogens is 1. The summed E-state index contributed by atoms with van der Waals surface area (Å²) in [5.41, 5.74) is 1.01. The Balaban J connectivity index is 1.55. The van der Waals surface area contributed by atoms with Crippen LogP contribution in [-0.2, 0) is 16.0 Å². The third-order valence-electron chi connectivity index (χ3n) is 8.47. The molecule has 1 unspecified atom stereocenters. The molecule has 2 aliphatic rings. The van der Waals surface area contributed by atoms with E-state index in [-0.39, 0.29) is 41.1 Å². The molecule has 192 valence electrons. The molecule has 0 bridgehead atoms. The maximum atomic E-state index is 14.7. The van der Waals surface area contributed by atoms with Crippen molar-refractivity contribution < 1.29 is 23.9 Å². The van der Waals surface area contributed by atoms with Crippen LogP contribution in [-0.4, -0.2) is 40.3 Å². The Bertz CT molecular complexity index is 1090. The standard InChI is InChI=1S/C30H36FNO4/c1-3-19(2)20-9-11-22(12-10-20)29(34)32-16-15-25(21-7-5-4-6-8-21)28(32)27(33)18-23-13-14-24(30(35)36)17-26(23)31/h4-8,13-14,17,19-20,22,25,28H,3,9-12,15-16,18H2,1-2H3,(H,35,36)/t19?,20?,22?,25-,28+/m1/s1. The molecular formula is C30H36FNO4. The number of Topliss-reactive ketones (excluding diaryl/α,β-unsaturated/α-hetero) is 1. The van der Waals surface area contributed by atoms with Crippen LogP contribution in [0.5, 0.6) is 0 Å². The lowest BCUT2D eigenvalue weighted by Crippen LogP contribution is -2.46. The van der Waals surface area contributed by atoms with Crippen molar-refractivity contribution in [2.24, 2.45) is 17.8 Å². The summed E-state index contributed by atoms with van der Waals surface area (Å²) in [4.78, 5) is 40.3. The average molecular weight is 494 g/mol. The number of carbonyl (C=O) groups is 3. The molecule has 1 saturated heterocycles. The lowest BCUT2D eigenvalue weighted by Gasteiger charge is -2.35. The van der Waals surface area contributed by atoms with Gasteiger partial charge in [0.25, 0.3) is 0 Å². The van der Waals surface area contributed by atoms with Gasteiger partial charge < -0.3 is 10.0 Å². The Kier molecular flexibility index (Phi) is 8.22. The van der Waals surface area contributed by atoms with E-state index in [0.29, 0.717) is 24.8 Å². The minimum atomic E-state index is -1.22. The van der Waals surface area contributed by atoms with Crippen LogP contribution in [0, 0.1) is 23.6 Å². The molecule has 2 aromatic rings. The maximum Gasteiger partial charge on any atom is 0.335 e. The van der Waals surface area contributed by atoms with Gasteiger partial charge in [-0.05, 0) is 67.2 Å². The number of hydrogen-bond donors (Lipinski definition) is 1. The number of ketones is 1. The minimum absolute atomic E-state index is 0.0519. The summed E-state index contributed by atoms with van der Waals surface area (Å²) < 4.78 is 14.7. The van der Waals surface area contributed by atoms with Gasteiger partial charge >= 0.3 is 5.97 Å². The molecule has 4 rings (SSSR count). The van der Waals surface area contributed by atoms with Crippen molar-refractivity contribution in [2.45, 2.75) is 70.8 Å². The SMILES string of the molecule is CCC(C)C1CCC(C(=O)N2CC[C@H](c3ccccc3)[C@H]2C(=O)Cc2ccc(C(=O)O)cc2F)CC1. The molecule has 3 atom stereocenters. The fourth-order valence-electron chi connectivity index (χ4n) is 6.11. The second kappa shape index (κ2) is 11.4. The lowest BCUT2D eigenvalue weighted by molar-refractivity contribution is -0.142. The third-order valence-corrected chi connectivity index (χ3v) is 8.47. The number of aromatic carboxylic acids is 1. The van der Waals surface area contributed by atoms with Gasteiger partial charge in [-0.1, -0.05) is 56.7 Å². The fourth-order valence-corrected chi connectivity index (χ4v) is 6.11. The number of rotatable bonds is 8. The van der Waals surface area contributed by atoms with Crippen LogP contribution >= 0.6 is 0 Å². The van der Waals surface area contributed by atoms with Gasteiger partial charge in [-0.25, -0.2) is 9.18 Å². The smallest absolute Gasteiger partial charge is 0.335 e. The zero-order chi connectivity index (χ0) is 25.8.